The SMILES string of the molecule is Cc1cncc(CN2CC(Cn3nc(-n4nc(C)cc4C)ccc3=O)C2)n1. The molecule has 0 aliphatic carbocycles. The van der Waals surface area contributed by atoms with Crippen molar-refractivity contribution in [3.63, 3.8) is 0 Å². The van der Waals surface area contributed by atoms with Crippen LogP contribution in [-0.4, -0.2) is 47.5 Å². The zero-order chi connectivity index (χ0) is 19.0. The Morgan fingerprint density at radius 2 is 1.89 bits per heavy atom. The second-order valence-electron chi connectivity index (χ2n) is 7.26. The minimum Gasteiger partial charge on any atom is -0.297 e. The van der Waals surface area contributed by atoms with Crippen LogP contribution in [0.5, 0.6) is 0 Å². The molecule has 8 nitrogen and oxygen atoms in total. The first-order valence-corrected chi connectivity index (χ1v) is 9.09. The predicted molar refractivity (Wildman–Crippen MR) is 101 cm³/mol. The van der Waals surface area contributed by atoms with Gasteiger partial charge in [0.2, 0.25) is 0 Å². The molecule has 1 aliphatic rings. The molecule has 0 N–H and O–H groups in total. The molecule has 0 unspecified atom stereocenters. The minimum atomic E-state index is -0.0803. The zero-order valence-corrected chi connectivity index (χ0v) is 15.8. The third kappa shape index (κ3) is 3.80. The van der Waals surface area contributed by atoms with E-state index in [0.717, 1.165) is 42.4 Å². The summed E-state index contributed by atoms with van der Waals surface area (Å²) in [6, 6.07) is 5.29. The van der Waals surface area contributed by atoms with Crippen molar-refractivity contribution in [3.05, 3.63) is 63.7 Å². The molecule has 0 aromatic carbocycles. The van der Waals surface area contributed by atoms with Crippen molar-refractivity contribution in [2.75, 3.05) is 13.1 Å². The van der Waals surface area contributed by atoms with Crippen LogP contribution in [0.25, 0.3) is 5.82 Å². The van der Waals surface area contributed by atoms with Crippen LogP contribution in [0.15, 0.2) is 35.4 Å². The van der Waals surface area contributed by atoms with E-state index in [0.29, 0.717) is 18.3 Å². The molecule has 0 bridgehead atoms. The average molecular weight is 365 g/mol. The molecule has 0 amide bonds. The zero-order valence-electron chi connectivity index (χ0n) is 15.8. The molecule has 1 aliphatic heterocycles. The number of hydrogen-bond acceptors (Lipinski definition) is 6. The monoisotopic (exact) mass is 365 g/mol. The third-order valence-corrected chi connectivity index (χ3v) is 4.73. The molecule has 0 spiro atoms. The van der Waals surface area contributed by atoms with Crippen LogP contribution in [-0.2, 0) is 13.1 Å². The summed E-state index contributed by atoms with van der Waals surface area (Å²) in [4.78, 5) is 23.2. The molecule has 0 saturated carbocycles. The van der Waals surface area contributed by atoms with E-state index in [1.807, 2.05) is 33.0 Å². The summed E-state index contributed by atoms with van der Waals surface area (Å²) in [7, 11) is 0. The Morgan fingerprint density at radius 3 is 2.59 bits per heavy atom. The third-order valence-electron chi connectivity index (χ3n) is 4.73. The van der Waals surface area contributed by atoms with Crippen LogP contribution >= 0.6 is 0 Å². The standard InChI is InChI=1S/C19H23N7O/c1-13-6-15(3)26(22-13)18-4-5-19(27)25(23-18)11-16-9-24(10-16)12-17-8-20-7-14(2)21-17/h4-8,16H,9-12H2,1-3H3. The van der Waals surface area contributed by atoms with Gasteiger partial charge < -0.3 is 0 Å². The largest absolute Gasteiger partial charge is 0.297 e. The molecule has 1 fully saturated rings. The summed E-state index contributed by atoms with van der Waals surface area (Å²) < 4.78 is 3.33. The Balaban J connectivity index is 1.41. The van der Waals surface area contributed by atoms with Gasteiger partial charge in [-0.15, -0.1) is 5.10 Å². The van der Waals surface area contributed by atoms with Crippen molar-refractivity contribution in [3.8, 4) is 5.82 Å². The molecule has 140 valence electrons. The summed E-state index contributed by atoms with van der Waals surface area (Å²) in [6.45, 7) is 9.13. The lowest BCUT2D eigenvalue weighted by molar-refractivity contribution is 0.0752. The number of aromatic nitrogens is 6. The van der Waals surface area contributed by atoms with Gasteiger partial charge in [-0.25, -0.2) is 9.36 Å². The smallest absolute Gasteiger partial charge is 0.266 e. The van der Waals surface area contributed by atoms with Crippen LogP contribution in [0.3, 0.4) is 0 Å². The molecule has 0 radical (unpaired) electrons. The number of nitrogens with zero attached hydrogens (tertiary/aromatic N) is 7. The highest BCUT2D eigenvalue weighted by molar-refractivity contribution is 5.23. The summed E-state index contributed by atoms with van der Waals surface area (Å²) in [5, 5.41) is 8.97. The first kappa shape index (κ1) is 17.5. The summed E-state index contributed by atoms with van der Waals surface area (Å²) >= 11 is 0. The van der Waals surface area contributed by atoms with Crippen LogP contribution in [0.4, 0.5) is 0 Å². The Labute approximate surface area is 157 Å². The Hall–Kier alpha value is -2.87. The Kier molecular flexibility index (Phi) is 4.57. The van der Waals surface area contributed by atoms with Crippen molar-refractivity contribution in [2.24, 2.45) is 5.92 Å². The lowest BCUT2D eigenvalue weighted by Crippen LogP contribution is -2.49. The highest BCUT2D eigenvalue weighted by Gasteiger charge is 2.28. The minimum absolute atomic E-state index is 0.0803. The van der Waals surface area contributed by atoms with Gasteiger partial charge in [-0.05, 0) is 32.9 Å². The van der Waals surface area contributed by atoms with E-state index >= 15 is 0 Å². The second kappa shape index (κ2) is 7.03. The van der Waals surface area contributed by atoms with Crippen molar-refractivity contribution < 1.29 is 0 Å². The molecule has 4 heterocycles. The molecule has 27 heavy (non-hydrogen) atoms. The Bertz CT molecular complexity index is 1020. The van der Waals surface area contributed by atoms with E-state index in [1.54, 1.807) is 27.7 Å². The number of hydrogen-bond donors (Lipinski definition) is 0. The fourth-order valence-corrected chi connectivity index (χ4v) is 3.53. The lowest BCUT2D eigenvalue weighted by Gasteiger charge is -2.38. The fourth-order valence-electron chi connectivity index (χ4n) is 3.53. The second-order valence-corrected chi connectivity index (χ2v) is 7.26. The van der Waals surface area contributed by atoms with Gasteiger partial charge in [0, 0.05) is 49.7 Å². The van der Waals surface area contributed by atoms with Crippen LogP contribution in [0.1, 0.15) is 22.8 Å². The maximum absolute atomic E-state index is 12.2. The first-order chi connectivity index (χ1) is 13.0. The van der Waals surface area contributed by atoms with Crippen molar-refractivity contribution in [1.29, 1.82) is 0 Å². The van der Waals surface area contributed by atoms with E-state index < -0.39 is 0 Å². The summed E-state index contributed by atoms with van der Waals surface area (Å²) in [5.74, 6) is 1.08. The van der Waals surface area contributed by atoms with Gasteiger partial charge in [0.1, 0.15) is 0 Å². The molecular weight excluding hydrogens is 342 g/mol. The normalized spacial score (nSPS) is 15.1. The molecule has 0 atom stereocenters. The van der Waals surface area contributed by atoms with E-state index in [2.05, 4.69) is 25.1 Å². The molecule has 1 saturated heterocycles. The van der Waals surface area contributed by atoms with E-state index in [-0.39, 0.29) is 5.56 Å². The van der Waals surface area contributed by atoms with Gasteiger partial charge in [-0.1, -0.05) is 0 Å². The summed E-state index contributed by atoms with van der Waals surface area (Å²) in [5.41, 5.74) is 3.76. The van der Waals surface area contributed by atoms with Gasteiger partial charge in [-0.2, -0.15) is 5.10 Å². The summed E-state index contributed by atoms with van der Waals surface area (Å²) in [6.07, 6.45) is 3.57. The first-order valence-electron chi connectivity index (χ1n) is 9.09. The van der Waals surface area contributed by atoms with E-state index in [4.69, 9.17) is 0 Å². The van der Waals surface area contributed by atoms with Crippen molar-refractivity contribution in [1.82, 2.24) is 34.4 Å². The topological polar surface area (TPSA) is 81.7 Å². The predicted octanol–water partition coefficient (Wildman–Crippen LogP) is 1.28. The highest BCUT2D eigenvalue weighted by atomic mass is 16.1. The number of rotatable bonds is 5. The lowest BCUT2D eigenvalue weighted by atomic mass is 10.00. The van der Waals surface area contributed by atoms with E-state index in [9.17, 15) is 4.79 Å². The highest BCUT2D eigenvalue weighted by Crippen LogP contribution is 2.19. The molecular formula is C19H23N7O. The van der Waals surface area contributed by atoms with Gasteiger partial charge in [0.25, 0.3) is 5.56 Å². The quantitative estimate of drug-likeness (QED) is 0.677. The fraction of sp³-hybridized carbons (Fsp3) is 0.421. The molecule has 3 aromatic rings. The maximum Gasteiger partial charge on any atom is 0.266 e. The van der Waals surface area contributed by atoms with Gasteiger partial charge in [0.05, 0.1) is 23.6 Å². The van der Waals surface area contributed by atoms with Crippen molar-refractivity contribution >= 4 is 0 Å². The van der Waals surface area contributed by atoms with Gasteiger partial charge >= 0.3 is 0 Å². The Morgan fingerprint density at radius 1 is 1.07 bits per heavy atom. The average Bonchev–Trinajstić information content (AvgIpc) is 2.93. The van der Waals surface area contributed by atoms with Crippen LogP contribution in [0, 0.1) is 26.7 Å². The molecule has 8 heteroatoms. The van der Waals surface area contributed by atoms with Gasteiger partial charge in [0.15, 0.2) is 5.82 Å². The van der Waals surface area contributed by atoms with E-state index in [1.165, 1.54) is 0 Å². The number of likely N-dealkylation sites (tertiary alicyclic amines) is 1. The molecule has 4 rings (SSSR count). The molecule has 3 aromatic heterocycles. The number of aryl methyl sites for hydroxylation is 3. The van der Waals surface area contributed by atoms with Crippen LogP contribution in [0.2, 0.25) is 0 Å². The van der Waals surface area contributed by atoms with Gasteiger partial charge in [-0.3, -0.25) is 19.7 Å². The van der Waals surface area contributed by atoms with Crippen LogP contribution < -0.4 is 5.56 Å². The maximum atomic E-state index is 12.2. The van der Waals surface area contributed by atoms with Crippen molar-refractivity contribution in [2.45, 2.75) is 33.9 Å².